The monoisotopic (exact) mass is 239 g/mol. The molecule has 1 aromatic heterocycles. The van der Waals surface area contributed by atoms with Gasteiger partial charge in [-0.3, -0.25) is 0 Å². The molecule has 0 amide bonds. The molecule has 1 aliphatic rings. The summed E-state index contributed by atoms with van der Waals surface area (Å²) in [6, 6.07) is 3.54. The molecule has 0 unspecified atom stereocenters. The zero-order chi connectivity index (χ0) is 11.5. The number of rotatable bonds is 3. The van der Waals surface area contributed by atoms with Crippen LogP contribution < -0.4 is 10.6 Å². The summed E-state index contributed by atoms with van der Waals surface area (Å²) in [6.07, 6.45) is 5.36. The molecule has 1 aliphatic carbocycles. The number of aromatic nitrogens is 1. The van der Waals surface area contributed by atoms with Crippen LogP contribution in [-0.4, -0.2) is 18.6 Å². The van der Waals surface area contributed by atoms with E-state index in [1.807, 2.05) is 13.1 Å². The van der Waals surface area contributed by atoms with E-state index < -0.39 is 0 Å². The first-order valence-electron chi connectivity index (χ1n) is 5.80. The standard InChI is InChI=1S/C12H18ClN3/c1-16(8-9-4-2-3-5-9)12-10(14)6-7-11(13)15-12/h6-7,9H,2-5,8,14H2,1H3. The van der Waals surface area contributed by atoms with Crippen LogP contribution in [0.5, 0.6) is 0 Å². The van der Waals surface area contributed by atoms with Crippen molar-refractivity contribution in [2.75, 3.05) is 24.2 Å². The summed E-state index contributed by atoms with van der Waals surface area (Å²) in [6.45, 7) is 1.03. The smallest absolute Gasteiger partial charge is 0.153 e. The van der Waals surface area contributed by atoms with Gasteiger partial charge in [-0.05, 0) is 30.9 Å². The van der Waals surface area contributed by atoms with Gasteiger partial charge in [0.05, 0.1) is 5.69 Å². The Morgan fingerprint density at radius 3 is 2.81 bits per heavy atom. The van der Waals surface area contributed by atoms with Crippen molar-refractivity contribution in [3.05, 3.63) is 17.3 Å². The van der Waals surface area contributed by atoms with Crippen molar-refractivity contribution in [3.63, 3.8) is 0 Å². The maximum Gasteiger partial charge on any atom is 0.153 e. The third-order valence-electron chi connectivity index (χ3n) is 3.24. The van der Waals surface area contributed by atoms with E-state index >= 15 is 0 Å². The fraction of sp³-hybridized carbons (Fsp3) is 0.583. The largest absolute Gasteiger partial charge is 0.396 e. The van der Waals surface area contributed by atoms with Crippen LogP contribution in [0.15, 0.2) is 12.1 Å². The molecule has 2 N–H and O–H groups in total. The molecule has 0 atom stereocenters. The zero-order valence-electron chi connectivity index (χ0n) is 9.62. The lowest BCUT2D eigenvalue weighted by Gasteiger charge is -2.23. The van der Waals surface area contributed by atoms with E-state index in [4.69, 9.17) is 17.3 Å². The van der Waals surface area contributed by atoms with Gasteiger partial charge in [-0.2, -0.15) is 0 Å². The number of hydrogen-bond donors (Lipinski definition) is 1. The number of halogens is 1. The molecule has 0 aliphatic heterocycles. The predicted molar refractivity (Wildman–Crippen MR) is 68.9 cm³/mol. The van der Waals surface area contributed by atoms with E-state index in [9.17, 15) is 0 Å². The Balaban J connectivity index is 2.07. The lowest BCUT2D eigenvalue weighted by molar-refractivity contribution is 0.545. The first-order valence-corrected chi connectivity index (χ1v) is 6.18. The van der Waals surface area contributed by atoms with Crippen molar-refractivity contribution in [1.29, 1.82) is 0 Å². The van der Waals surface area contributed by atoms with Crippen molar-refractivity contribution in [2.24, 2.45) is 5.92 Å². The molecule has 1 heterocycles. The molecule has 1 fully saturated rings. The first kappa shape index (κ1) is 11.5. The van der Waals surface area contributed by atoms with Crippen LogP contribution in [0.3, 0.4) is 0 Å². The number of pyridine rings is 1. The van der Waals surface area contributed by atoms with Gasteiger partial charge in [0.25, 0.3) is 0 Å². The summed E-state index contributed by atoms with van der Waals surface area (Å²) in [5.74, 6) is 1.59. The molecule has 0 saturated heterocycles. The third kappa shape index (κ3) is 2.59. The summed E-state index contributed by atoms with van der Waals surface area (Å²) >= 11 is 5.88. The summed E-state index contributed by atoms with van der Waals surface area (Å²) in [5.41, 5.74) is 6.60. The van der Waals surface area contributed by atoms with Gasteiger partial charge < -0.3 is 10.6 Å². The quantitative estimate of drug-likeness (QED) is 0.825. The first-order chi connectivity index (χ1) is 7.66. The summed E-state index contributed by atoms with van der Waals surface area (Å²) in [4.78, 5) is 6.40. The molecule has 0 spiro atoms. The summed E-state index contributed by atoms with van der Waals surface area (Å²) < 4.78 is 0. The Morgan fingerprint density at radius 1 is 1.44 bits per heavy atom. The summed E-state index contributed by atoms with van der Waals surface area (Å²) in [7, 11) is 2.04. The highest BCUT2D eigenvalue weighted by Crippen LogP contribution is 2.28. The minimum absolute atomic E-state index is 0.502. The topological polar surface area (TPSA) is 42.2 Å². The Kier molecular flexibility index (Phi) is 3.54. The van der Waals surface area contributed by atoms with Gasteiger partial charge >= 0.3 is 0 Å². The fourth-order valence-corrected chi connectivity index (χ4v) is 2.55. The SMILES string of the molecule is CN(CC1CCCC1)c1nc(Cl)ccc1N. The van der Waals surface area contributed by atoms with Crippen LogP contribution in [0, 0.1) is 5.92 Å². The number of hydrogen-bond acceptors (Lipinski definition) is 3. The van der Waals surface area contributed by atoms with Crippen LogP contribution >= 0.6 is 11.6 Å². The average Bonchev–Trinajstić information content (AvgIpc) is 2.74. The van der Waals surface area contributed by atoms with Gasteiger partial charge in [0.1, 0.15) is 5.15 Å². The molecule has 0 radical (unpaired) electrons. The van der Waals surface area contributed by atoms with Crippen molar-refractivity contribution < 1.29 is 0 Å². The van der Waals surface area contributed by atoms with Crippen LogP contribution in [0.25, 0.3) is 0 Å². The molecule has 16 heavy (non-hydrogen) atoms. The van der Waals surface area contributed by atoms with Gasteiger partial charge in [0.2, 0.25) is 0 Å². The molecule has 1 aromatic rings. The summed E-state index contributed by atoms with van der Waals surface area (Å²) in [5, 5.41) is 0.502. The highest BCUT2D eigenvalue weighted by atomic mass is 35.5. The maximum atomic E-state index is 5.90. The Hall–Kier alpha value is -0.960. The van der Waals surface area contributed by atoms with E-state index in [1.165, 1.54) is 25.7 Å². The van der Waals surface area contributed by atoms with Crippen LogP contribution in [0.4, 0.5) is 11.5 Å². The van der Waals surface area contributed by atoms with E-state index in [-0.39, 0.29) is 0 Å². The average molecular weight is 240 g/mol. The normalized spacial score (nSPS) is 16.6. The molecule has 88 valence electrons. The second-order valence-electron chi connectivity index (χ2n) is 4.58. The van der Waals surface area contributed by atoms with Crippen molar-refractivity contribution in [2.45, 2.75) is 25.7 Å². The fourth-order valence-electron chi connectivity index (χ4n) is 2.41. The van der Waals surface area contributed by atoms with Crippen molar-refractivity contribution in [1.82, 2.24) is 4.98 Å². The lowest BCUT2D eigenvalue weighted by Crippen LogP contribution is -2.25. The number of nitrogens with two attached hydrogens (primary N) is 1. The molecule has 0 aromatic carbocycles. The van der Waals surface area contributed by atoms with E-state index in [1.54, 1.807) is 6.07 Å². The van der Waals surface area contributed by atoms with E-state index in [2.05, 4.69) is 9.88 Å². The van der Waals surface area contributed by atoms with Gasteiger partial charge in [0, 0.05) is 13.6 Å². The molecular formula is C12H18ClN3. The Bertz CT molecular complexity index is 361. The van der Waals surface area contributed by atoms with E-state index in [0.29, 0.717) is 10.8 Å². The van der Waals surface area contributed by atoms with E-state index in [0.717, 1.165) is 18.3 Å². The molecule has 2 rings (SSSR count). The molecule has 4 heteroatoms. The number of anilines is 2. The zero-order valence-corrected chi connectivity index (χ0v) is 10.4. The Morgan fingerprint density at radius 2 is 2.12 bits per heavy atom. The minimum atomic E-state index is 0.502. The van der Waals surface area contributed by atoms with Crippen LogP contribution in [-0.2, 0) is 0 Å². The van der Waals surface area contributed by atoms with Gasteiger partial charge in [-0.25, -0.2) is 4.98 Å². The number of nitrogen functional groups attached to an aromatic ring is 1. The molecule has 3 nitrogen and oxygen atoms in total. The highest BCUT2D eigenvalue weighted by Gasteiger charge is 2.18. The maximum absolute atomic E-state index is 5.90. The van der Waals surface area contributed by atoms with Gasteiger partial charge in [-0.1, -0.05) is 24.4 Å². The third-order valence-corrected chi connectivity index (χ3v) is 3.45. The van der Waals surface area contributed by atoms with Gasteiger partial charge in [0.15, 0.2) is 5.82 Å². The van der Waals surface area contributed by atoms with Crippen molar-refractivity contribution in [3.8, 4) is 0 Å². The second-order valence-corrected chi connectivity index (χ2v) is 4.97. The predicted octanol–water partition coefficient (Wildman–Crippen LogP) is 2.94. The molecular weight excluding hydrogens is 222 g/mol. The lowest BCUT2D eigenvalue weighted by atomic mass is 10.1. The number of nitrogens with zero attached hydrogens (tertiary/aromatic N) is 2. The minimum Gasteiger partial charge on any atom is -0.396 e. The Labute approximate surface area is 102 Å². The van der Waals surface area contributed by atoms with Crippen LogP contribution in [0.2, 0.25) is 5.15 Å². The van der Waals surface area contributed by atoms with Crippen LogP contribution in [0.1, 0.15) is 25.7 Å². The molecule has 0 bridgehead atoms. The van der Waals surface area contributed by atoms with Gasteiger partial charge in [-0.15, -0.1) is 0 Å². The van der Waals surface area contributed by atoms with Crippen molar-refractivity contribution >= 4 is 23.1 Å². The molecule has 1 saturated carbocycles. The second kappa shape index (κ2) is 4.91. The highest BCUT2D eigenvalue weighted by molar-refractivity contribution is 6.29.